The first kappa shape index (κ1) is 43.3. The Morgan fingerprint density at radius 2 is 0.578 bits per heavy atom. The lowest BCUT2D eigenvalue weighted by atomic mass is 9.29. The van der Waals surface area contributed by atoms with Crippen LogP contribution in [-0.2, 0) is 0 Å². The highest BCUT2D eigenvalue weighted by molar-refractivity contribution is 7.05. The SMILES string of the molecule is c1ccc(N2c3cc4oc5cc6c(cc5c4cc3B3c4ccccc4N4c5ccccc5B5c7ccccc7Oc7cc2c3c4c75)B2c3ccccc3N3c4ccccc4B4c5ccccc5Oc5cc(c2c3c54)N6c2ccccc2)cc1. The third-order valence-electron chi connectivity index (χ3n) is 19.5. The summed E-state index contributed by atoms with van der Waals surface area (Å²) in [6.07, 6.45) is 0. The smallest absolute Gasteiger partial charge is 0.256 e. The fraction of sp³-hybridized carbons (Fsp3) is 0. The first-order valence-electron chi connectivity index (χ1n) is 28.9. The second kappa shape index (κ2) is 15.3. The van der Waals surface area contributed by atoms with E-state index in [1.54, 1.807) is 0 Å². The van der Waals surface area contributed by atoms with Gasteiger partial charge >= 0.3 is 0 Å². The van der Waals surface area contributed by atoms with Crippen LogP contribution < -0.4 is 94.6 Å². The van der Waals surface area contributed by atoms with Gasteiger partial charge in [-0.2, -0.15) is 0 Å². The van der Waals surface area contributed by atoms with Crippen molar-refractivity contribution in [3.63, 3.8) is 0 Å². The van der Waals surface area contributed by atoms with Crippen LogP contribution in [0, 0.1) is 0 Å². The average molecular weight is 1050 g/mol. The van der Waals surface area contributed by atoms with Crippen molar-refractivity contribution in [3.05, 3.63) is 243 Å². The van der Waals surface area contributed by atoms with Gasteiger partial charge in [0.25, 0.3) is 26.9 Å². The number of anilines is 12. The van der Waals surface area contributed by atoms with E-state index in [4.69, 9.17) is 13.9 Å². The molecule has 0 unspecified atom stereocenters. The highest BCUT2D eigenvalue weighted by Crippen LogP contribution is 2.52. The predicted octanol–water partition coefficient (Wildman–Crippen LogP) is 9.62. The molecule has 0 amide bonds. The van der Waals surface area contributed by atoms with Crippen LogP contribution in [-0.4, -0.2) is 26.9 Å². The van der Waals surface area contributed by atoms with Crippen LogP contribution in [0.5, 0.6) is 23.0 Å². The van der Waals surface area contributed by atoms with Gasteiger partial charge in [0.15, 0.2) is 0 Å². The van der Waals surface area contributed by atoms with E-state index in [-0.39, 0.29) is 26.9 Å². The number of hydrogen-bond acceptors (Lipinski definition) is 7. The summed E-state index contributed by atoms with van der Waals surface area (Å²) < 4.78 is 21.7. The van der Waals surface area contributed by atoms with Crippen molar-refractivity contribution < 1.29 is 13.9 Å². The Hall–Kier alpha value is -10.5. The molecule has 7 nitrogen and oxygen atoms in total. The Labute approximate surface area is 479 Å². The number of rotatable bonds is 2. The molecule has 8 aliphatic rings. The monoisotopic (exact) mass is 1050 g/mol. The highest BCUT2D eigenvalue weighted by atomic mass is 16.5. The first-order valence-corrected chi connectivity index (χ1v) is 28.9. The van der Waals surface area contributed by atoms with Crippen molar-refractivity contribution in [2.75, 3.05) is 19.6 Å². The molecular weight excluding hydrogens is 1010 g/mol. The van der Waals surface area contributed by atoms with Crippen LogP contribution in [0.2, 0.25) is 0 Å². The van der Waals surface area contributed by atoms with Crippen molar-refractivity contribution in [3.8, 4) is 23.0 Å². The first-order chi connectivity index (χ1) is 41.2. The molecule has 0 atom stereocenters. The zero-order chi connectivity index (χ0) is 53.5. The summed E-state index contributed by atoms with van der Waals surface area (Å²) in [7, 11) is 0. The highest BCUT2D eigenvalue weighted by Gasteiger charge is 2.53. The molecule has 9 heterocycles. The van der Waals surface area contributed by atoms with E-state index in [0.29, 0.717) is 0 Å². The number of para-hydroxylation sites is 8. The van der Waals surface area contributed by atoms with Gasteiger partial charge in [0, 0.05) is 103 Å². The van der Waals surface area contributed by atoms with E-state index in [1.165, 1.54) is 99.7 Å². The molecule has 0 fully saturated rings. The van der Waals surface area contributed by atoms with Crippen molar-refractivity contribution in [2.24, 2.45) is 0 Å². The summed E-state index contributed by atoms with van der Waals surface area (Å²) in [5.41, 5.74) is 30.4. The number of ether oxygens (including phenoxy) is 2. The van der Waals surface area contributed by atoms with E-state index >= 15 is 0 Å². The van der Waals surface area contributed by atoms with Crippen molar-refractivity contribution in [2.45, 2.75) is 0 Å². The van der Waals surface area contributed by atoms with Gasteiger partial charge in [0.1, 0.15) is 34.2 Å². The molecule has 8 aliphatic heterocycles. The molecule has 0 saturated heterocycles. The zero-order valence-corrected chi connectivity index (χ0v) is 44.4. The van der Waals surface area contributed by atoms with Gasteiger partial charge in [0.2, 0.25) is 0 Å². The predicted molar refractivity (Wildman–Crippen MR) is 344 cm³/mol. The normalized spacial score (nSPS) is 14.7. The zero-order valence-electron chi connectivity index (χ0n) is 44.4. The topological polar surface area (TPSA) is 44.6 Å². The summed E-state index contributed by atoms with van der Waals surface area (Å²) in [5.74, 6) is 3.58. The fourth-order valence-electron chi connectivity index (χ4n) is 16.4. The molecule has 0 saturated carbocycles. The van der Waals surface area contributed by atoms with Crippen molar-refractivity contribution in [1.82, 2.24) is 0 Å². The molecule has 21 rings (SSSR count). The Morgan fingerprint density at radius 3 is 0.976 bits per heavy atom. The minimum Gasteiger partial charge on any atom is -0.458 e. The molecule has 0 N–H and O–H groups in total. The third kappa shape index (κ3) is 5.29. The van der Waals surface area contributed by atoms with Gasteiger partial charge < -0.3 is 33.5 Å². The van der Waals surface area contributed by atoms with E-state index in [0.717, 1.165) is 79.1 Å². The minimum absolute atomic E-state index is 0.00626. The molecule has 83 heavy (non-hydrogen) atoms. The number of fused-ring (bicyclic) bond motifs is 23. The molecule has 0 aliphatic carbocycles. The lowest BCUT2D eigenvalue weighted by Crippen LogP contribution is -2.68. The van der Waals surface area contributed by atoms with Crippen LogP contribution >= 0.6 is 0 Å². The maximum absolute atomic E-state index is 7.38. The lowest BCUT2D eigenvalue weighted by Gasteiger charge is -2.49. The number of furan rings is 1. The van der Waals surface area contributed by atoms with E-state index in [1.807, 2.05) is 0 Å². The molecule has 378 valence electrons. The van der Waals surface area contributed by atoms with Crippen molar-refractivity contribution >= 4 is 183 Å². The van der Waals surface area contributed by atoms with Crippen LogP contribution in [0.25, 0.3) is 21.9 Å². The van der Waals surface area contributed by atoms with Gasteiger partial charge in [0.05, 0.1) is 0 Å². The van der Waals surface area contributed by atoms with Crippen LogP contribution in [0.3, 0.4) is 0 Å². The molecule has 1 aromatic heterocycles. The molecule has 12 aromatic carbocycles. The Morgan fingerprint density at radius 1 is 0.241 bits per heavy atom. The summed E-state index contributed by atoms with van der Waals surface area (Å²) in [6.45, 7) is -0.231. The van der Waals surface area contributed by atoms with Gasteiger partial charge in [-0.25, -0.2) is 0 Å². The third-order valence-corrected chi connectivity index (χ3v) is 19.5. The van der Waals surface area contributed by atoms with Gasteiger partial charge in [-0.1, -0.05) is 158 Å². The van der Waals surface area contributed by atoms with E-state index in [9.17, 15) is 0 Å². The molecular formula is C72H40B4N4O3. The minimum atomic E-state index is -0.109. The number of hydrogen-bond donors (Lipinski definition) is 0. The summed E-state index contributed by atoms with van der Waals surface area (Å²) >= 11 is 0. The lowest BCUT2D eigenvalue weighted by molar-refractivity contribution is 0.487. The molecule has 13 aromatic rings. The summed E-state index contributed by atoms with van der Waals surface area (Å²) in [4.78, 5) is 10.0. The number of nitrogens with zero attached hydrogens (tertiary/aromatic N) is 4. The summed E-state index contributed by atoms with van der Waals surface area (Å²) in [5, 5.41) is 2.19. The Kier molecular flexibility index (Phi) is 7.97. The largest absolute Gasteiger partial charge is 0.458 e. The second-order valence-electron chi connectivity index (χ2n) is 23.3. The average Bonchev–Trinajstić information content (AvgIpc) is 1.64. The maximum Gasteiger partial charge on any atom is 0.256 e. The molecule has 11 heteroatoms. The Bertz CT molecular complexity index is 4830. The number of benzene rings is 12. The van der Waals surface area contributed by atoms with Crippen LogP contribution in [0.4, 0.5) is 68.2 Å². The van der Waals surface area contributed by atoms with Crippen molar-refractivity contribution in [1.29, 1.82) is 0 Å². The molecule has 0 spiro atoms. The van der Waals surface area contributed by atoms with E-state index < -0.39 is 0 Å². The van der Waals surface area contributed by atoms with Crippen LogP contribution in [0.1, 0.15) is 0 Å². The van der Waals surface area contributed by atoms with Crippen LogP contribution in [0.15, 0.2) is 247 Å². The second-order valence-corrected chi connectivity index (χ2v) is 23.3. The summed E-state index contributed by atoms with van der Waals surface area (Å²) in [6, 6.07) is 89.5. The van der Waals surface area contributed by atoms with Gasteiger partial charge in [-0.3, -0.25) is 0 Å². The molecule has 0 radical (unpaired) electrons. The Balaban J connectivity index is 0.850. The fourth-order valence-corrected chi connectivity index (χ4v) is 16.4. The van der Waals surface area contributed by atoms with Gasteiger partial charge in [-0.15, -0.1) is 0 Å². The molecule has 0 bridgehead atoms. The van der Waals surface area contributed by atoms with E-state index in [2.05, 4.69) is 262 Å². The standard InChI is InChI=1S/C72H40B4N4O3/c1-3-19-41(20-4-1)77-57-37-63-43(35-51(57)75-47-25-9-15-31-55(47)79-53-29-13-7-23-45(53)73-49-27-11-17-33-61(49)81-65-39-59(77)67(75)71(79)69(65)73)44-36-52-58(38-64(44)83-63)78(42-21-5-2-6-22-42)60-40-66-70-72-68(60)76(52)48-26-10-16-32-56(48)80(72)54-30-14-8-24-46(54)74(70)50-28-12-18-34-62(50)82-66/h1-40H. The maximum atomic E-state index is 7.38. The van der Waals surface area contributed by atoms with Gasteiger partial charge in [-0.05, 0) is 126 Å². The quantitative estimate of drug-likeness (QED) is 0.160.